The standard InChI is InChI=1S/C28H20BrFN2O3S/c1-2-35-27(34)23-24(18-6-4-3-5-7-18)31-28-32(25(23)19-10-14-21(30)15-11-19)26(33)22(36-28)16-17-8-12-20(29)13-9-17/h3-16,25H,2H2,1H3/t25-/m0/s1. The van der Waals surface area contributed by atoms with Crippen molar-refractivity contribution in [3.63, 3.8) is 0 Å². The Kier molecular flexibility index (Phi) is 6.80. The first-order chi connectivity index (χ1) is 17.5. The number of ether oxygens (including phenoxy) is 1. The van der Waals surface area contributed by atoms with Gasteiger partial charge in [0.2, 0.25) is 0 Å². The van der Waals surface area contributed by atoms with E-state index in [1.54, 1.807) is 25.1 Å². The molecular formula is C28H20BrFN2O3S. The summed E-state index contributed by atoms with van der Waals surface area (Å²) in [6, 6.07) is 21.9. The van der Waals surface area contributed by atoms with E-state index in [1.165, 1.54) is 28.0 Å². The Morgan fingerprint density at radius 3 is 2.44 bits per heavy atom. The highest BCUT2D eigenvalue weighted by Gasteiger charge is 2.35. The second-order valence-corrected chi connectivity index (χ2v) is 9.96. The third kappa shape index (κ3) is 4.62. The van der Waals surface area contributed by atoms with Gasteiger partial charge >= 0.3 is 5.97 Å². The summed E-state index contributed by atoms with van der Waals surface area (Å²) in [5.41, 5.74) is 2.54. The van der Waals surface area contributed by atoms with Gasteiger partial charge in [-0.15, -0.1) is 0 Å². The molecule has 8 heteroatoms. The van der Waals surface area contributed by atoms with Gasteiger partial charge in [0.15, 0.2) is 4.80 Å². The van der Waals surface area contributed by atoms with E-state index in [2.05, 4.69) is 15.9 Å². The maximum absolute atomic E-state index is 13.8. The number of carbonyl (C=O) groups is 1. The van der Waals surface area contributed by atoms with Crippen molar-refractivity contribution in [1.29, 1.82) is 0 Å². The number of thiazole rings is 1. The van der Waals surface area contributed by atoms with E-state index in [4.69, 9.17) is 9.73 Å². The van der Waals surface area contributed by atoms with E-state index < -0.39 is 17.8 Å². The van der Waals surface area contributed by atoms with Crippen LogP contribution in [0.1, 0.15) is 29.7 Å². The number of rotatable bonds is 5. The van der Waals surface area contributed by atoms with E-state index >= 15 is 0 Å². The monoisotopic (exact) mass is 562 g/mol. The van der Waals surface area contributed by atoms with E-state index in [0.29, 0.717) is 20.6 Å². The number of esters is 1. The first-order valence-corrected chi connectivity index (χ1v) is 12.9. The zero-order chi connectivity index (χ0) is 25.2. The highest BCUT2D eigenvalue weighted by atomic mass is 79.9. The minimum absolute atomic E-state index is 0.161. The van der Waals surface area contributed by atoms with Crippen LogP contribution in [-0.4, -0.2) is 17.1 Å². The van der Waals surface area contributed by atoms with Crippen LogP contribution in [-0.2, 0) is 9.53 Å². The van der Waals surface area contributed by atoms with Crippen molar-refractivity contribution in [2.45, 2.75) is 13.0 Å². The van der Waals surface area contributed by atoms with Crippen molar-refractivity contribution in [2.24, 2.45) is 4.99 Å². The summed E-state index contributed by atoms with van der Waals surface area (Å²) < 4.78 is 22.2. The Bertz CT molecular complexity index is 1640. The fourth-order valence-electron chi connectivity index (χ4n) is 4.11. The summed E-state index contributed by atoms with van der Waals surface area (Å²) in [5.74, 6) is -0.983. The van der Waals surface area contributed by atoms with Crippen LogP contribution in [0.5, 0.6) is 0 Å². The van der Waals surface area contributed by atoms with Gasteiger partial charge in [0, 0.05) is 10.0 Å². The Hall–Kier alpha value is -3.62. The van der Waals surface area contributed by atoms with Gasteiger partial charge in [0.05, 0.1) is 28.5 Å². The molecule has 36 heavy (non-hydrogen) atoms. The number of carbonyl (C=O) groups excluding carboxylic acids is 1. The van der Waals surface area contributed by atoms with Crippen molar-refractivity contribution >= 4 is 45.0 Å². The molecule has 5 rings (SSSR count). The van der Waals surface area contributed by atoms with Crippen molar-refractivity contribution in [3.8, 4) is 0 Å². The third-order valence-electron chi connectivity index (χ3n) is 5.73. The molecule has 5 nitrogen and oxygen atoms in total. The summed E-state index contributed by atoms with van der Waals surface area (Å²) >= 11 is 4.67. The molecule has 4 aromatic rings. The molecule has 0 N–H and O–H groups in total. The topological polar surface area (TPSA) is 60.7 Å². The molecule has 3 aromatic carbocycles. The minimum Gasteiger partial charge on any atom is -0.463 e. The fourth-order valence-corrected chi connectivity index (χ4v) is 5.38. The van der Waals surface area contributed by atoms with Crippen LogP contribution in [0.15, 0.2) is 98.7 Å². The smallest absolute Gasteiger partial charge is 0.338 e. The van der Waals surface area contributed by atoms with E-state index in [1.807, 2.05) is 54.6 Å². The SMILES string of the molecule is CCOC(=O)C1=C(c2ccccc2)N=c2sc(=Cc3ccc(Br)cc3)c(=O)n2[C@H]1c1ccc(F)cc1. The highest BCUT2D eigenvalue weighted by molar-refractivity contribution is 9.10. The fraction of sp³-hybridized carbons (Fsp3) is 0.107. The molecule has 1 aromatic heterocycles. The summed E-state index contributed by atoms with van der Waals surface area (Å²) in [6.45, 7) is 1.88. The van der Waals surface area contributed by atoms with Gasteiger partial charge in [-0.25, -0.2) is 14.2 Å². The van der Waals surface area contributed by atoms with E-state index in [9.17, 15) is 14.0 Å². The summed E-state index contributed by atoms with van der Waals surface area (Å²) in [6.07, 6.45) is 1.80. The van der Waals surface area contributed by atoms with Crippen LogP contribution in [0.2, 0.25) is 0 Å². The molecule has 2 heterocycles. The van der Waals surface area contributed by atoms with E-state index in [0.717, 1.165) is 15.6 Å². The van der Waals surface area contributed by atoms with Gasteiger partial charge < -0.3 is 4.74 Å². The number of hydrogen-bond acceptors (Lipinski definition) is 5. The van der Waals surface area contributed by atoms with Crippen molar-refractivity contribution in [3.05, 3.63) is 131 Å². The molecule has 0 aliphatic carbocycles. The first-order valence-electron chi connectivity index (χ1n) is 11.3. The summed E-state index contributed by atoms with van der Waals surface area (Å²) in [7, 11) is 0. The zero-order valence-corrected chi connectivity index (χ0v) is 21.6. The number of hydrogen-bond donors (Lipinski definition) is 0. The Labute approximate surface area is 218 Å². The van der Waals surface area contributed by atoms with Crippen LogP contribution in [0, 0.1) is 5.82 Å². The number of fused-ring (bicyclic) bond motifs is 1. The molecule has 0 unspecified atom stereocenters. The second kappa shape index (κ2) is 10.2. The Balaban J connectivity index is 1.82. The molecule has 0 spiro atoms. The molecule has 0 bridgehead atoms. The van der Waals surface area contributed by atoms with Crippen LogP contribution < -0.4 is 14.9 Å². The average Bonchev–Trinajstić information content (AvgIpc) is 3.20. The molecule has 1 aliphatic heterocycles. The Morgan fingerprint density at radius 2 is 1.78 bits per heavy atom. The maximum atomic E-state index is 13.8. The lowest BCUT2D eigenvalue weighted by atomic mass is 9.93. The molecule has 0 radical (unpaired) electrons. The van der Waals surface area contributed by atoms with Gasteiger partial charge in [0.25, 0.3) is 5.56 Å². The quantitative estimate of drug-likeness (QED) is 0.327. The first kappa shape index (κ1) is 24.1. The summed E-state index contributed by atoms with van der Waals surface area (Å²) in [5, 5.41) is 0. The van der Waals surface area contributed by atoms with Crippen LogP contribution in [0.4, 0.5) is 4.39 Å². The molecule has 0 saturated heterocycles. The van der Waals surface area contributed by atoms with Crippen molar-refractivity contribution < 1.29 is 13.9 Å². The predicted molar refractivity (Wildman–Crippen MR) is 142 cm³/mol. The number of nitrogens with zero attached hydrogens (tertiary/aromatic N) is 2. The maximum Gasteiger partial charge on any atom is 0.338 e. The van der Waals surface area contributed by atoms with Crippen LogP contribution >= 0.6 is 27.3 Å². The van der Waals surface area contributed by atoms with Gasteiger partial charge in [-0.2, -0.15) is 0 Å². The molecule has 0 saturated carbocycles. The minimum atomic E-state index is -0.830. The molecule has 0 amide bonds. The lowest BCUT2D eigenvalue weighted by molar-refractivity contribution is -0.138. The average molecular weight is 563 g/mol. The van der Waals surface area contributed by atoms with Crippen LogP contribution in [0.25, 0.3) is 11.8 Å². The zero-order valence-electron chi connectivity index (χ0n) is 19.2. The van der Waals surface area contributed by atoms with Gasteiger partial charge in [-0.05, 0) is 48.4 Å². The lowest BCUT2D eigenvalue weighted by Crippen LogP contribution is -2.40. The van der Waals surface area contributed by atoms with Crippen molar-refractivity contribution in [1.82, 2.24) is 4.57 Å². The highest BCUT2D eigenvalue weighted by Crippen LogP contribution is 2.35. The normalized spacial score (nSPS) is 15.4. The molecule has 1 atom stereocenters. The Morgan fingerprint density at radius 1 is 1.08 bits per heavy atom. The molecular weight excluding hydrogens is 543 g/mol. The van der Waals surface area contributed by atoms with Gasteiger partial charge in [0.1, 0.15) is 5.82 Å². The predicted octanol–water partition coefficient (Wildman–Crippen LogP) is 4.84. The van der Waals surface area contributed by atoms with Gasteiger partial charge in [-0.1, -0.05) is 81.9 Å². The largest absolute Gasteiger partial charge is 0.463 e. The third-order valence-corrected chi connectivity index (χ3v) is 7.24. The van der Waals surface area contributed by atoms with Crippen LogP contribution in [0.3, 0.4) is 0 Å². The molecule has 1 aliphatic rings. The summed E-state index contributed by atoms with van der Waals surface area (Å²) in [4.78, 5) is 32.3. The molecule has 180 valence electrons. The number of halogens is 2. The van der Waals surface area contributed by atoms with Gasteiger partial charge in [-0.3, -0.25) is 9.36 Å². The number of benzene rings is 3. The second-order valence-electron chi connectivity index (χ2n) is 8.03. The van der Waals surface area contributed by atoms with Crippen molar-refractivity contribution in [2.75, 3.05) is 6.61 Å². The number of aromatic nitrogens is 1. The molecule has 0 fully saturated rings. The lowest BCUT2D eigenvalue weighted by Gasteiger charge is -2.25. The van der Waals surface area contributed by atoms with E-state index in [-0.39, 0.29) is 17.7 Å².